The fourth-order valence-electron chi connectivity index (χ4n) is 2.67. The number of nitrogens with one attached hydrogen (secondary N) is 1. The van der Waals surface area contributed by atoms with E-state index in [4.69, 9.17) is 10.9 Å². The molecular formula is C13H20FN3O2S. The van der Waals surface area contributed by atoms with Crippen LogP contribution in [-0.4, -0.2) is 20.5 Å². The first-order chi connectivity index (χ1) is 9.36. The minimum atomic E-state index is -3.89. The summed E-state index contributed by atoms with van der Waals surface area (Å²) in [6.45, 7) is 0.420. The zero-order chi connectivity index (χ0) is 14.8. The first kappa shape index (κ1) is 15.2. The molecule has 1 aromatic rings. The van der Waals surface area contributed by atoms with Crippen molar-refractivity contribution in [3.05, 3.63) is 24.0 Å². The van der Waals surface area contributed by atoms with E-state index in [9.17, 15) is 12.8 Å². The maximum atomic E-state index is 14.0. The first-order valence-electron chi connectivity index (χ1n) is 6.67. The van der Waals surface area contributed by atoms with Gasteiger partial charge in [0.1, 0.15) is 5.82 Å². The molecule has 0 saturated heterocycles. The van der Waals surface area contributed by atoms with Crippen molar-refractivity contribution in [3.8, 4) is 0 Å². The highest BCUT2D eigenvalue weighted by atomic mass is 32.2. The van der Waals surface area contributed by atoms with E-state index in [0.717, 1.165) is 38.2 Å². The molecule has 0 heterocycles. The van der Waals surface area contributed by atoms with Gasteiger partial charge in [0, 0.05) is 12.1 Å². The van der Waals surface area contributed by atoms with Crippen molar-refractivity contribution < 1.29 is 12.8 Å². The SMILES string of the molecule is NCC1(Nc2ccc(S(N)(=O)=O)cc2F)CCCCC1. The molecule has 0 atom stereocenters. The molecule has 1 aromatic carbocycles. The molecular weight excluding hydrogens is 281 g/mol. The average molecular weight is 301 g/mol. The van der Waals surface area contributed by atoms with Gasteiger partial charge in [-0.05, 0) is 31.0 Å². The lowest BCUT2D eigenvalue weighted by molar-refractivity contribution is 0.330. The smallest absolute Gasteiger partial charge is 0.238 e. The van der Waals surface area contributed by atoms with Crippen LogP contribution in [0.15, 0.2) is 23.1 Å². The van der Waals surface area contributed by atoms with E-state index in [2.05, 4.69) is 5.32 Å². The van der Waals surface area contributed by atoms with E-state index in [1.165, 1.54) is 12.1 Å². The number of sulfonamides is 1. The molecule has 1 fully saturated rings. The molecule has 7 heteroatoms. The third kappa shape index (κ3) is 3.28. The van der Waals surface area contributed by atoms with Crippen molar-refractivity contribution in [1.29, 1.82) is 0 Å². The van der Waals surface area contributed by atoms with E-state index in [-0.39, 0.29) is 16.1 Å². The molecule has 1 aliphatic carbocycles. The zero-order valence-corrected chi connectivity index (χ0v) is 12.0. The lowest BCUT2D eigenvalue weighted by Crippen LogP contribution is -2.47. The van der Waals surface area contributed by atoms with Crippen molar-refractivity contribution >= 4 is 15.7 Å². The molecule has 0 radical (unpaired) electrons. The third-order valence-electron chi connectivity index (χ3n) is 3.87. The van der Waals surface area contributed by atoms with Crippen LogP contribution in [0.4, 0.5) is 10.1 Å². The Balaban J connectivity index is 2.25. The maximum absolute atomic E-state index is 14.0. The highest BCUT2D eigenvalue weighted by Crippen LogP contribution is 2.32. The molecule has 2 rings (SSSR count). The second-order valence-corrected chi connectivity index (χ2v) is 6.92. The highest BCUT2D eigenvalue weighted by molar-refractivity contribution is 7.89. The predicted molar refractivity (Wildman–Crippen MR) is 76.3 cm³/mol. The Hall–Kier alpha value is -1.18. The molecule has 20 heavy (non-hydrogen) atoms. The number of halogens is 1. The summed E-state index contributed by atoms with van der Waals surface area (Å²) >= 11 is 0. The number of anilines is 1. The van der Waals surface area contributed by atoms with Crippen LogP contribution in [-0.2, 0) is 10.0 Å². The Morgan fingerprint density at radius 3 is 2.40 bits per heavy atom. The average Bonchev–Trinajstić information content (AvgIpc) is 2.41. The number of nitrogens with two attached hydrogens (primary N) is 2. The summed E-state index contributed by atoms with van der Waals surface area (Å²) < 4.78 is 36.4. The van der Waals surface area contributed by atoms with Gasteiger partial charge in [-0.15, -0.1) is 0 Å². The largest absolute Gasteiger partial charge is 0.376 e. The molecule has 5 N–H and O–H groups in total. The summed E-state index contributed by atoms with van der Waals surface area (Å²) in [5.74, 6) is -0.630. The third-order valence-corrected chi connectivity index (χ3v) is 4.78. The summed E-state index contributed by atoms with van der Waals surface area (Å²) in [5, 5.41) is 8.13. The van der Waals surface area contributed by atoms with Gasteiger partial charge >= 0.3 is 0 Å². The number of hydrogen-bond acceptors (Lipinski definition) is 4. The molecule has 0 unspecified atom stereocenters. The molecule has 0 aromatic heterocycles. The predicted octanol–water partition coefficient (Wildman–Crippen LogP) is 1.55. The topological polar surface area (TPSA) is 98.2 Å². The van der Waals surface area contributed by atoms with Crippen LogP contribution in [0.2, 0.25) is 0 Å². The van der Waals surface area contributed by atoms with Gasteiger partial charge in [-0.25, -0.2) is 17.9 Å². The molecule has 0 aliphatic heterocycles. The maximum Gasteiger partial charge on any atom is 0.238 e. The van der Waals surface area contributed by atoms with Gasteiger partial charge in [0.2, 0.25) is 10.0 Å². The lowest BCUT2D eigenvalue weighted by atomic mass is 9.81. The summed E-state index contributed by atoms with van der Waals surface area (Å²) in [5.41, 5.74) is 5.80. The highest BCUT2D eigenvalue weighted by Gasteiger charge is 2.31. The number of primary sulfonamides is 1. The van der Waals surface area contributed by atoms with Crippen molar-refractivity contribution in [3.63, 3.8) is 0 Å². The Bertz CT molecular complexity index is 583. The van der Waals surface area contributed by atoms with Crippen LogP contribution in [0.5, 0.6) is 0 Å². The van der Waals surface area contributed by atoms with E-state index in [0.29, 0.717) is 6.54 Å². The molecule has 0 spiro atoms. The lowest BCUT2D eigenvalue weighted by Gasteiger charge is -2.38. The number of rotatable bonds is 4. The van der Waals surface area contributed by atoms with Gasteiger partial charge < -0.3 is 11.1 Å². The molecule has 112 valence electrons. The van der Waals surface area contributed by atoms with Gasteiger partial charge in [-0.1, -0.05) is 19.3 Å². The summed E-state index contributed by atoms with van der Waals surface area (Å²) in [7, 11) is -3.89. The molecule has 0 bridgehead atoms. The fourth-order valence-corrected chi connectivity index (χ4v) is 3.19. The summed E-state index contributed by atoms with van der Waals surface area (Å²) in [4.78, 5) is -0.231. The van der Waals surface area contributed by atoms with Crippen LogP contribution in [0.3, 0.4) is 0 Å². The minimum Gasteiger partial charge on any atom is -0.376 e. The van der Waals surface area contributed by atoms with Gasteiger partial charge in [0.05, 0.1) is 10.6 Å². The second kappa shape index (κ2) is 5.67. The van der Waals surface area contributed by atoms with Gasteiger partial charge in [-0.3, -0.25) is 0 Å². The van der Waals surface area contributed by atoms with Gasteiger partial charge in [0.25, 0.3) is 0 Å². The Labute approximate surface area is 118 Å². The Kier molecular flexibility index (Phi) is 4.31. The molecule has 1 saturated carbocycles. The normalized spacial score (nSPS) is 18.8. The van der Waals surface area contributed by atoms with E-state index in [1.54, 1.807) is 0 Å². The van der Waals surface area contributed by atoms with Crippen LogP contribution in [0, 0.1) is 5.82 Å². The van der Waals surface area contributed by atoms with E-state index >= 15 is 0 Å². The van der Waals surface area contributed by atoms with Crippen LogP contribution in [0.1, 0.15) is 32.1 Å². The number of benzene rings is 1. The van der Waals surface area contributed by atoms with E-state index < -0.39 is 15.8 Å². The van der Waals surface area contributed by atoms with Crippen LogP contribution < -0.4 is 16.2 Å². The monoisotopic (exact) mass is 301 g/mol. The van der Waals surface area contributed by atoms with Gasteiger partial charge in [-0.2, -0.15) is 0 Å². The van der Waals surface area contributed by atoms with Crippen molar-refractivity contribution in [2.45, 2.75) is 42.5 Å². The standard InChI is InChI=1S/C13H20FN3O2S/c14-11-8-10(20(16,18)19)4-5-12(11)17-13(9-15)6-2-1-3-7-13/h4-5,8,17H,1-3,6-7,9,15H2,(H2,16,18,19). The quantitative estimate of drug-likeness (QED) is 0.785. The van der Waals surface area contributed by atoms with Crippen LogP contribution in [0.25, 0.3) is 0 Å². The molecule has 1 aliphatic rings. The Morgan fingerprint density at radius 2 is 1.90 bits per heavy atom. The van der Waals surface area contributed by atoms with Crippen molar-refractivity contribution in [1.82, 2.24) is 0 Å². The minimum absolute atomic E-state index is 0.231. The van der Waals surface area contributed by atoms with Gasteiger partial charge in [0.15, 0.2) is 0 Å². The fraction of sp³-hybridized carbons (Fsp3) is 0.538. The molecule has 5 nitrogen and oxygen atoms in total. The zero-order valence-electron chi connectivity index (χ0n) is 11.2. The number of hydrogen-bond donors (Lipinski definition) is 3. The first-order valence-corrected chi connectivity index (χ1v) is 8.22. The Morgan fingerprint density at radius 1 is 1.25 bits per heavy atom. The van der Waals surface area contributed by atoms with Crippen molar-refractivity contribution in [2.24, 2.45) is 10.9 Å². The summed E-state index contributed by atoms with van der Waals surface area (Å²) in [6.07, 6.45) is 5.05. The van der Waals surface area contributed by atoms with E-state index in [1.807, 2.05) is 0 Å². The second-order valence-electron chi connectivity index (χ2n) is 5.36. The van der Waals surface area contributed by atoms with Crippen LogP contribution >= 0.6 is 0 Å². The van der Waals surface area contributed by atoms with Crippen molar-refractivity contribution in [2.75, 3.05) is 11.9 Å². The molecule has 0 amide bonds. The summed E-state index contributed by atoms with van der Waals surface area (Å²) in [6, 6.07) is 3.64.